The number of hydrogen-bond donors (Lipinski definition) is 2. The van der Waals surface area contributed by atoms with Gasteiger partial charge in [0.05, 0.1) is 0 Å². The lowest BCUT2D eigenvalue weighted by atomic mass is 9.83. The quantitative estimate of drug-likeness (QED) is 0.775. The summed E-state index contributed by atoms with van der Waals surface area (Å²) in [7, 11) is 4.22. The molecule has 0 radical (unpaired) electrons. The number of likely N-dealkylation sites (N-methyl/N-ethyl adjacent to an activating group) is 1. The molecule has 0 aromatic heterocycles. The number of urea groups is 1. The van der Waals surface area contributed by atoms with Gasteiger partial charge in [-0.15, -0.1) is 0 Å². The Morgan fingerprint density at radius 3 is 2.29 bits per heavy atom. The number of carbonyl (C=O) groups excluding carboxylic acids is 2. The summed E-state index contributed by atoms with van der Waals surface area (Å²) in [6.45, 7) is 2.16. The van der Waals surface area contributed by atoms with Crippen molar-refractivity contribution in [3.05, 3.63) is 0 Å². The number of likely N-dealkylation sites (tertiary alicyclic amines) is 1. The van der Waals surface area contributed by atoms with Crippen LogP contribution in [0.4, 0.5) is 4.79 Å². The summed E-state index contributed by atoms with van der Waals surface area (Å²) in [5.41, 5.74) is 5.26. The number of nitrogens with one attached hydrogen (secondary N) is 1. The van der Waals surface area contributed by atoms with E-state index in [1.807, 2.05) is 4.90 Å². The van der Waals surface area contributed by atoms with E-state index < -0.39 is 0 Å². The molecule has 3 amide bonds. The van der Waals surface area contributed by atoms with E-state index in [9.17, 15) is 9.59 Å². The average Bonchev–Trinajstić information content (AvgIpc) is 2.55. The number of nitrogens with two attached hydrogens (primary N) is 1. The minimum absolute atomic E-state index is 0.0372. The summed E-state index contributed by atoms with van der Waals surface area (Å²) in [6, 6.07) is 0.455. The molecule has 1 atom stereocenters. The van der Waals surface area contributed by atoms with E-state index in [1.54, 1.807) is 0 Å². The van der Waals surface area contributed by atoms with Crippen LogP contribution in [0.5, 0.6) is 0 Å². The van der Waals surface area contributed by atoms with Gasteiger partial charge >= 0.3 is 6.03 Å². The fraction of sp³-hybridized carbons (Fsp3) is 0.889. The Labute approximate surface area is 146 Å². The zero-order chi connectivity index (χ0) is 17.5. The Morgan fingerprint density at radius 1 is 1.12 bits per heavy atom. The van der Waals surface area contributed by atoms with Crippen molar-refractivity contribution in [2.45, 2.75) is 57.4 Å². The Hall–Kier alpha value is -1.30. The highest BCUT2D eigenvalue weighted by atomic mass is 16.2. The van der Waals surface area contributed by atoms with Gasteiger partial charge in [0.15, 0.2) is 0 Å². The van der Waals surface area contributed by atoms with E-state index in [4.69, 9.17) is 5.73 Å². The number of carbonyl (C=O) groups is 2. The Morgan fingerprint density at radius 2 is 1.75 bits per heavy atom. The lowest BCUT2D eigenvalue weighted by molar-refractivity contribution is -0.119. The highest BCUT2D eigenvalue weighted by Crippen LogP contribution is 2.28. The number of hydrogen-bond acceptors (Lipinski definition) is 3. The van der Waals surface area contributed by atoms with E-state index in [1.165, 1.54) is 32.1 Å². The topological polar surface area (TPSA) is 78.7 Å². The van der Waals surface area contributed by atoms with Gasteiger partial charge in [0, 0.05) is 32.1 Å². The summed E-state index contributed by atoms with van der Waals surface area (Å²) < 4.78 is 0. The molecule has 1 aliphatic heterocycles. The van der Waals surface area contributed by atoms with Crippen LogP contribution < -0.4 is 11.1 Å². The maximum absolute atomic E-state index is 12.4. The molecule has 138 valence electrons. The summed E-state index contributed by atoms with van der Waals surface area (Å²) in [5.74, 6) is 0.790. The second-order valence-electron chi connectivity index (χ2n) is 7.72. The van der Waals surface area contributed by atoms with Crippen LogP contribution in [-0.2, 0) is 4.79 Å². The predicted molar refractivity (Wildman–Crippen MR) is 95.6 cm³/mol. The summed E-state index contributed by atoms with van der Waals surface area (Å²) in [6.07, 6.45) is 8.72. The van der Waals surface area contributed by atoms with Crippen LogP contribution in [-0.4, -0.2) is 61.5 Å². The molecule has 0 bridgehead atoms. The van der Waals surface area contributed by atoms with Gasteiger partial charge in [0.2, 0.25) is 5.91 Å². The van der Waals surface area contributed by atoms with Crippen molar-refractivity contribution in [1.82, 2.24) is 15.1 Å². The molecule has 2 aliphatic rings. The lowest BCUT2D eigenvalue weighted by Gasteiger charge is -2.36. The Bertz CT molecular complexity index is 413. The summed E-state index contributed by atoms with van der Waals surface area (Å²) in [5, 5.41) is 3.14. The minimum Gasteiger partial charge on any atom is -0.370 e. The molecule has 1 aliphatic carbocycles. The third-order valence-corrected chi connectivity index (χ3v) is 5.71. The van der Waals surface area contributed by atoms with Crippen molar-refractivity contribution < 1.29 is 9.59 Å². The van der Waals surface area contributed by atoms with Crippen LogP contribution in [0.15, 0.2) is 0 Å². The van der Waals surface area contributed by atoms with Crippen molar-refractivity contribution in [2.75, 3.05) is 33.7 Å². The summed E-state index contributed by atoms with van der Waals surface area (Å²) in [4.78, 5) is 27.6. The fourth-order valence-corrected chi connectivity index (χ4v) is 4.22. The molecular weight excluding hydrogens is 304 g/mol. The first-order valence-corrected chi connectivity index (χ1v) is 9.45. The third-order valence-electron chi connectivity index (χ3n) is 5.71. The smallest absolute Gasteiger partial charge is 0.317 e. The van der Waals surface area contributed by atoms with Crippen molar-refractivity contribution in [3.8, 4) is 0 Å². The van der Waals surface area contributed by atoms with Gasteiger partial charge in [-0.05, 0) is 51.6 Å². The molecule has 1 heterocycles. The molecular formula is C18H34N4O2. The highest BCUT2D eigenvalue weighted by Gasteiger charge is 2.28. The van der Waals surface area contributed by atoms with E-state index in [-0.39, 0.29) is 11.9 Å². The van der Waals surface area contributed by atoms with Crippen LogP contribution >= 0.6 is 0 Å². The Balaban J connectivity index is 1.76. The second-order valence-corrected chi connectivity index (χ2v) is 7.72. The molecule has 2 fully saturated rings. The molecule has 1 saturated heterocycles. The molecule has 3 N–H and O–H groups in total. The largest absolute Gasteiger partial charge is 0.370 e. The molecule has 24 heavy (non-hydrogen) atoms. The van der Waals surface area contributed by atoms with Crippen LogP contribution in [0, 0.1) is 11.8 Å². The van der Waals surface area contributed by atoms with Gasteiger partial charge in [-0.3, -0.25) is 4.79 Å². The van der Waals surface area contributed by atoms with Gasteiger partial charge in [-0.2, -0.15) is 0 Å². The zero-order valence-electron chi connectivity index (χ0n) is 15.3. The predicted octanol–water partition coefficient (Wildman–Crippen LogP) is 1.79. The lowest BCUT2D eigenvalue weighted by Crippen LogP contribution is -2.50. The van der Waals surface area contributed by atoms with Crippen molar-refractivity contribution in [1.29, 1.82) is 0 Å². The van der Waals surface area contributed by atoms with E-state index in [0.29, 0.717) is 24.3 Å². The van der Waals surface area contributed by atoms with Gasteiger partial charge in [-0.1, -0.05) is 19.3 Å². The van der Waals surface area contributed by atoms with Crippen LogP contribution in [0.1, 0.15) is 51.4 Å². The van der Waals surface area contributed by atoms with Crippen LogP contribution in [0.3, 0.4) is 0 Å². The van der Waals surface area contributed by atoms with Gasteiger partial charge in [-0.25, -0.2) is 4.79 Å². The van der Waals surface area contributed by atoms with Gasteiger partial charge in [0.1, 0.15) is 0 Å². The monoisotopic (exact) mass is 338 g/mol. The first kappa shape index (κ1) is 19.0. The van der Waals surface area contributed by atoms with Gasteiger partial charge < -0.3 is 20.9 Å². The normalized spacial score (nSPS) is 21.7. The first-order chi connectivity index (χ1) is 11.5. The van der Waals surface area contributed by atoms with E-state index in [2.05, 4.69) is 24.3 Å². The van der Waals surface area contributed by atoms with Crippen molar-refractivity contribution in [2.24, 2.45) is 17.6 Å². The molecule has 1 saturated carbocycles. The average molecular weight is 338 g/mol. The molecule has 0 spiro atoms. The maximum atomic E-state index is 12.4. The minimum atomic E-state index is -0.237. The number of rotatable bonds is 6. The molecule has 0 aromatic carbocycles. The number of amides is 3. The second kappa shape index (κ2) is 9.25. The van der Waals surface area contributed by atoms with E-state index in [0.717, 1.165) is 32.5 Å². The fourth-order valence-electron chi connectivity index (χ4n) is 4.22. The van der Waals surface area contributed by atoms with Crippen LogP contribution in [0.2, 0.25) is 0 Å². The molecule has 6 heteroatoms. The molecule has 6 nitrogen and oxygen atoms in total. The summed E-state index contributed by atoms with van der Waals surface area (Å²) >= 11 is 0. The number of piperidine rings is 1. The van der Waals surface area contributed by atoms with Crippen LogP contribution in [0.25, 0.3) is 0 Å². The number of primary amides is 1. The van der Waals surface area contributed by atoms with Crippen molar-refractivity contribution >= 4 is 11.9 Å². The highest BCUT2D eigenvalue weighted by molar-refractivity contribution is 5.75. The van der Waals surface area contributed by atoms with E-state index >= 15 is 0 Å². The third kappa shape index (κ3) is 5.65. The number of nitrogens with zero attached hydrogens (tertiary/aromatic N) is 2. The zero-order valence-corrected chi connectivity index (χ0v) is 15.3. The standard InChI is InChI=1S/C18H34N4O2/c1-21(2)16(15-6-4-3-5-7-15)13-20-18(24)22-10-8-14(9-11-22)12-17(19)23/h14-16H,3-13H2,1-2H3,(H2,19,23)(H,20,24)/t16-/m0/s1. The molecule has 2 rings (SSSR count). The van der Waals surface area contributed by atoms with Gasteiger partial charge in [0.25, 0.3) is 0 Å². The molecule has 0 aromatic rings. The first-order valence-electron chi connectivity index (χ1n) is 9.45. The SMILES string of the molecule is CN(C)[C@@H](CNC(=O)N1CCC(CC(N)=O)CC1)C1CCCCC1. The van der Waals surface area contributed by atoms with Crippen molar-refractivity contribution in [3.63, 3.8) is 0 Å². The Kier molecular flexibility index (Phi) is 7.34. The maximum Gasteiger partial charge on any atom is 0.317 e. The molecule has 0 unspecified atom stereocenters.